The molecule has 0 atom stereocenters. The molecule has 2 heteroatoms. The SMILES string of the molecule is C(C#CSCc1ccccc1)#CSCc1ccccc1. The van der Waals surface area contributed by atoms with Gasteiger partial charge in [-0.2, -0.15) is 0 Å². The molecule has 0 aliphatic heterocycles. The summed E-state index contributed by atoms with van der Waals surface area (Å²) >= 11 is 3.18. The van der Waals surface area contributed by atoms with Gasteiger partial charge in [0, 0.05) is 11.5 Å². The van der Waals surface area contributed by atoms with E-state index in [9.17, 15) is 0 Å². The minimum atomic E-state index is 0.909. The topological polar surface area (TPSA) is 0 Å². The van der Waals surface area contributed by atoms with Crippen molar-refractivity contribution in [2.45, 2.75) is 11.5 Å². The van der Waals surface area contributed by atoms with Crippen molar-refractivity contribution in [2.75, 3.05) is 0 Å². The summed E-state index contributed by atoms with van der Waals surface area (Å²) in [5.74, 6) is 7.56. The first-order valence-corrected chi connectivity index (χ1v) is 8.24. The highest BCUT2D eigenvalue weighted by atomic mass is 32.2. The van der Waals surface area contributed by atoms with Gasteiger partial charge in [-0.25, -0.2) is 0 Å². The van der Waals surface area contributed by atoms with Crippen molar-refractivity contribution >= 4 is 23.5 Å². The van der Waals surface area contributed by atoms with E-state index >= 15 is 0 Å². The molecule has 0 saturated heterocycles. The maximum atomic E-state index is 3.01. The Morgan fingerprint density at radius 3 is 1.40 bits per heavy atom. The van der Waals surface area contributed by atoms with Crippen LogP contribution in [0.2, 0.25) is 0 Å². The van der Waals surface area contributed by atoms with Gasteiger partial charge < -0.3 is 0 Å². The number of hydrogen-bond donors (Lipinski definition) is 0. The van der Waals surface area contributed by atoms with Crippen LogP contribution in [0.5, 0.6) is 0 Å². The molecular weight excluding hydrogens is 280 g/mol. The highest BCUT2D eigenvalue weighted by Gasteiger charge is 1.88. The number of benzene rings is 2. The Bertz CT molecular complexity index is 566. The Labute approximate surface area is 129 Å². The number of hydrogen-bond acceptors (Lipinski definition) is 2. The molecule has 0 radical (unpaired) electrons. The van der Waals surface area contributed by atoms with Gasteiger partial charge in [-0.15, -0.1) is 0 Å². The van der Waals surface area contributed by atoms with E-state index in [1.165, 1.54) is 11.1 Å². The van der Waals surface area contributed by atoms with Crippen LogP contribution >= 0.6 is 23.5 Å². The predicted molar refractivity (Wildman–Crippen MR) is 91.0 cm³/mol. The molecule has 0 spiro atoms. The fourth-order valence-corrected chi connectivity index (χ4v) is 2.62. The maximum absolute atomic E-state index is 3.01. The van der Waals surface area contributed by atoms with E-state index in [0.717, 1.165) is 11.5 Å². The third-order valence-corrected chi connectivity index (χ3v) is 3.92. The first-order valence-electron chi connectivity index (χ1n) is 6.26. The van der Waals surface area contributed by atoms with Gasteiger partial charge in [0.2, 0.25) is 0 Å². The summed E-state index contributed by atoms with van der Waals surface area (Å²) < 4.78 is 0. The second-order valence-electron chi connectivity index (χ2n) is 4.00. The van der Waals surface area contributed by atoms with Crippen LogP contribution in [0.25, 0.3) is 0 Å². The zero-order valence-electron chi connectivity index (χ0n) is 11.0. The summed E-state index contributed by atoms with van der Waals surface area (Å²) in [6.45, 7) is 0. The smallest absolute Gasteiger partial charge is 0.0308 e. The zero-order chi connectivity index (χ0) is 13.9. The molecule has 0 N–H and O–H groups in total. The van der Waals surface area contributed by atoms with Crippen molar-refractivity contribution in [1.29, 1.82) is 0 Å². The van der Waals surface area contributed by atoms with E-state index in [0.29, 0.717) is 0 Å². The van der Waals surface area contributed by atoms with Crippen molar-refractivity contribution in [3.05, 3.63) is 71.8 Å². The molecule has 0 aliphatic rings. The van der Waals surface area contributed by atoms with E-state index in [-0.39, 0.29) is 0 Å². The summed E-state index contributed by atoms with van der Waals surface area (Å²) in [5, 5.41) is 6.02. The lowest BCUT2D eigenvalue weighted by atomic mass is 10.2. The number of rotatable bonds is 4. The maximum Gasteiger partial charge on any atom is 0.0308 e. The molecule has 0 nitrogen and oxygen atoms in total. The van der Waals surface area contributed by atoms with Crippen molar-refractivity contribution in [3.63, 3.8) is 0 Å². The van der Waals surface area contributed by atoms with Crippen LogP contribution in [0.1, 0.15) is 11.1 Å². The highest BCUT2D eigenvalue weighted by Crippen LogP contribution is 2.10. The lowest BCUT2D eigenvalue weighted by Crippen LogP contribution is -1.75. The average Bonchev–Trinajstić information content (AvgIpc) is 2.52. The lowest BCUT2D eigenvalue weighted by molar-refractivity contribution is 1.42. The fraction of sp³-hybridized carbons (Fsp3) is 0.111. The molecule has 20 heavy (non-hydrogen) atoms. The second-order valence-corrected chi connectivity index (χ2v) is 5.57. The molecule has 0 unspecified atom stereocenters. The van der Waals surface area contributed by atoms with Gasteiger partial charge >= 0.3 is 0 Å². The quantitative estimate of drug-likeness (QED) is 0.745. The molecule has 0 aliphatic carbocycles. The molecule has 0 heterocycles. The van der Waals surface area contributed by atoms with Gasteiger partial charge in [0.05, 0.1) is 0 Å². The van der Waals surface area contributed by atoms with E-state index in [1.807, 2.05) is 36.4 Å². The van der Waals surface area contributed by atoms with E-state index in [4.69, 9.17) is 0 Å². The van der Waals surface area contributed by atoms with Crippen molar-refractivity contribution < 1.29 is 0 Å². The molecule has 0 fully saturated rings. The summed E-state index contributed by atoms with van der Waals surface area (Å²) in [7, 11) is 0. The monoisotopic (exact) mass is 294 g/mol. The van der Waals surface area contributed by atoms with Crippen LogP contribution in [-0.2, 0) is 11.5 Å². The minimum Gasteiger partial charge on any atom is -0.0692 e. The molecular formula is C18H14S2. The lowest BCUT2D eigenvalue weighted by Gasteiger charge is -1.93. The Morgan fingerprint density at radius 1 is 0.600 bits per heavy atom. The van der Waals surface area contributed by atoms with Gasteiger partial charge in [0.25, 0.3) is 0 Å². The molecule has 2 aromatic rings. The van der Waals surface area contributed by atoms with Crippen LogP contribution in [-0.4, -0.2) is 0 Å². The van der Waals surface area contributed by atoms with Crippen LogP contribution in [0.3, 0.4) is 0 Å². The molecule has 0 saturated carbocycles. The van der Waals surface area contributed by atoms with Gasteiger partial charge in [0.15, 0.2) is 0 Å². The van der Waals surface area contributed by atoms with Crippen molar-refractivity contribution in [3.8, 4) is 22.3 Å². The first-order chi connectivity index (χ1) is 9.95. The third kappa shape index (κ3) is 5.93. The Kier molecular flexibility index (Phi) is 6.75. The Balaban J connectivity index is 1.66. The molecule has 2 aromatic carbocycles. The van der Waals surface area contributed by atoms with Crippen LogP contribution in [0.15, 0.2) is 60.7 Å². The van der Waals surface area contributed by atoms with E-state index in [1.54, 1.807) is 23.5 Å². The summed E-state index contributed by atoms with van der Waals surface area (Å²) in [5.41, 5.74) is 2.58. The molecule has 0 aromatic heterocycles. The van der Waals surface area contributed by atoms with Crippen LogP contribution in [0, 0.1) is 22.3 Å². The predicted octanol–water partition coefficient (Wildman–Crippen LogP) is 4.78. The number of thioether (sulfide) groups is 2. The van der Waals surface area contributed by atoms with Crippen LogP contribution < -0.4 is 0 Å². The zero-order valence-corrected chi connectivity index (χ0v) is 12.6. The second kappa shape index (κ2) is 9.21. The molecule has 98 valence electrons. The molecule has 0 bridgehead atoms. The third-order valence-electron chi connectivity index (χ3n) is 2.47. The van der Waals surface area contributed by atoms with E-state index < -0.39 is 0 Å². The normalized spacial score (nSPS) is 9.00. The fourth-order valence-electron chi connectivity index (χ4n) is 1.51. The highest BCUT2D eigenvalue weighted by molar-refractivity contribution is 8.03. The summed E-state index contributed by atoms with van der Waals surface area (Å²) in [6, 6.07) is 20.7. The Morgan fingerprint density at radius 2 is 1.00 bits per heavy atom. The van der Waals surface area contributed by atoms with E-state index in [2.05, 4.69) is 46.6 Å². The first kappa shape index (κ1) is 14.7. The van der Waals surface area contributed by atoms with Gasteiger partial charge in [-0.3, -0.25) is 0 Å². The van der Waals surface area contributed by atoms with Crippen molar-refractivity contribution in [2.24, 2.45) is 0 Å². The largest absolute Gasteiger partial charge is 0.0692 e. The summed E-state index contributed by atoms with van der Waals surface area (Å²) in [4.78, 5) is 0. The minimum absolute atomic E-state index is 0.909. The standard InChI is InChI=1S/C18H14S2/c1-3-9-17(10-4-1)15-19-13-7-8-14-20-16-18-11-5-2-6-12-18/h1-6,9-12H,15-16H2. The van der Waals surface area contributed by atoms with Gasteiger partial charge in [-0.1, -0.05) is 84.2 Å². The molecule has 2 rings (SSSR count). The van der Waals surface area contributed by atoms with Crippen LogP contribution in [0.4, 0.5) is 0 Å². The Hall–Kier alpha value is -1.74. The summed E-state index contributed by atoms with van der Waals surface area (Å²) in [6.07, 6.45) is 0. The van der Waals surface area contributed by atoms with Crippen molar-refractivity contribution in [1.82, 2.24) is 0 Å². The average molecular weight is 294 g/mol. The van der Waals surface area contributed by atoms with Gasteiger partial charge in [0.1, 0.15) is 0 Å². The molecule has 0 amide bonds. The van der Waals surface area contributed by atoms with Gasteiger partial charge in [-0.05, 0) is 33.5 Å².